The van der Waals surface area contributed by atoms with E-state index in [1.807, 2.05) is 19.1 Å². The maximum atomic E-state index is 10.1. The summed E-state index contributed by atoms with van der Waals surface area (Å²) in [6, 6.07) is 0. The number of carboxylic acids is 1. The van der Waals surface area contributed by atoms with Crippen molar-refractivity contribution in [3.63, 3.8) is 0 Å². The van der Waals surface area contributed by atoms with Gasteiger partial charge in [0.2, 0.25) is 0 Å². The van der Waals surface area contributed by atoms with Gasteiger partial charge in [-0.2, -0.15) is 0 Å². The fourth-order valence-corrected chi connectivity index (χ4v) is 0.905. The second kappa shape index (κ2) is 9.26. The van der Waals surface area contributed by atoms with E-state index >= 15 is 0 Å². The number of carboxylic acid groups (broad SMARTS) is 1. The average molecular weight is 186 g/mol. The third-order valence-electron chi connectivity index (χ3n) is 1.63. The molecule has 0 aromatic heterocycles. The first-order valence-corrected chi connectivity index (χ1v) is 4.68. The summed E-state index contributed by atoms with van der Waals surface area (Å²) in [5, 5.41) is 8.35. The van der Waals surface area contributed by atoms with Gasteiger partial charge in [-0.05, 0) is 19.8 Å². The minimum atomic E-state index is -0.713. The fourth-order valence-electron chi connectivity index (χ4n) is 0.905. The Balaban J connectivity index is 2.95. The highest BCUT2D eigenvalue weighted by atomic mass is 16.5. The Hall–Kier alpha value is -0.830. The normalized spacial score (nSPS) is 10.8. The minimum absolute atomic E-state index is 0.273. The van der Waals surface area contributed by atoms with Gasteiger partial charge in [0.15, 0.2) is 0 Å². The summed E-state index contributed by atoms with van der Waals surface area (Å²) in [4.78, 5) is 10.1. The molecule has 0 spiro atoms. The number of hydrogen-bond acceptors (Lipinski definition) is 2. The van der Waals surface area contributed by atoms with E-state index in [4.69, 9.17) is 9.84 Å². The highest BCUT2D eigenvalue weighted by Crippen LogP contribution is 1.99. The van der Waals surface area contributed by atoms with Gasteiger partial charge in [-0.1, -0.05) is 18.6 Å². The molecule has 1 N–H and O–H groups in total. The Bertz CT molecular complexity index is 152. The van der Waals surface area contributed by atoms with Crippen molar-refractivity contribution in [2.45, 2.75) is 32.6 Å². The minimum Gasteiger partial charge on any atom is -0.481 e. The van der Waals surface area contributed by atoms with Crippen LogP contribution < -0.4 is 0 Å². The van der Waals surface area contributed by atoms with Crippen LogP contribution in [0.25, 0.3) is 0 Å². The molecular weight excluding hydrogens is 168 g/mol. The molecule has 0 bridgehead atoms. The molecule has 0 unspecified atom stereocenters. The lowest BCUT2D eigenvalue weighted by atomic mass is 10.2. The Morgan fingerprint density at radius 2 is 2.15 bits per heavy atom. The summed E-state index contributed by atoms with van der Waals surface area (Å²) in [7, 11) is 0. The van der Waals surface area contributed by atoms with Crippen LogP contribution >= 0.6 is 0 Å². The van der Waals surface area contributed by atoms with Gasteiger partial charge < -0.3 is 9.84 Å². The molecule has 0 atom stereocenters. The zero-order chi connectivity index (χ0) is 9.94. The highest BCUT2D eigenvalue weighted by Gasteiger charge is 1.95. The van der Waals surface area contributed by atoms with Crippen molar-refractivity contribution in [2.75, 3.05) is 13.2 Å². The van der Waals surface area contributed by atoms with Gasteiger partial charge in [0.05, 0.1) is 6.61 Å². The topological polar surface area (TPSA) is 46.5 Å². The highest BCUT2D eigenvalue weighted by molar-refractivity contribution is 5.66. The van der Waals surface area contributed by atoms with Gasteiger partial charge in [0.1, 0.15) is 0 Å². The van der Waals surface area contributed by atoms with Crippen molar-refractivity contribution in [3.8, 4) is 0 Å². The predicted molar refractivity (Wildman–Crippen MR) is 51.7 cm³/mol. The zero-order valence-electron chi connectivity index (χ0n) is 8.16. The van der Waals surface area contributed by atoms with Gasteiger partial charge in [-0.3, -0.25) is 4.79 Å². The van der Waals surface area contributed by atoms with Crippen molar-refractivity contribution in [3.05, 3.63) is 12.2 Å². The standard InChI is InChI=1S/C10H18O3/c1-2-3-8-13-9-6-4-5-7-10(11)12/h2-3H,4-9H2,1H3,(H,11,12). The molecule has 0 heterocycles. The molecule has 0 aliphatic heterocycles. The van der Waals surface area contributed by atoms with Crippen LogP contribution in [0.2, 0.25) is 0 Å². The molecule has 0 aliphatic rings. The summed E-state index contributed by atoms with van der Waals surface area (Å²) in [6.45, 7) is 3.34. The van der Waals surface area contributed by atoms with E-state index in [9.17, 15) is 4.79 Å². The summed E-state index contributed by atoms with van der Waals surface area (Å²) < 4.78 is 5.25. The smallest absolute Gasteiger partial charge is 0.303 e. The Kier molecular flexibility index (Phi) is 8.67. The van der Waals surface area contributed by atoms with Crippen LogP contribution in [-0.4, -0.2) is 24.3 Å². The molecule has 0 rings (SSSR count). The summed E-state index contributed by atoms with van der Waals surface area (Å²) in [5.41, 5.74) is 0. The van der Waals surface area contributed by atoms with Crippen molar-refractivity contribution in [1.82, 2.24) is 0 Å². The van der Waals surface area contributed by atoms with Gasteiger partial charge in [0.25, 0.3) is 0 Å². The van der Waals surface area contributed by atoms with Crippen molar-refractivity contribution in [1.29, 1.82) is 0 Å². The lowest BCUT2D eigenvalue weighted by Gasteiger charge is -1.99. The molecule has 3 heteroatoms. The maximum absolute atomic E-state index is 10.1. The predicted octanol–water partition coefficient (Wildman–Crippen LogP) is 2.22. The van der Waals surface area contributed by atoms with E-state index in [2.05, 4.69) is 0 Å². The van der Waals surface area contributed by atoms with E-state index in [1.54, 1.807) is 0 Å². The van der Waals surface area contributed by atoms with E-state index < -0.39 is 5.97 Å². The first-order chi connectivity index (χ1) is 6.27. The molecule has 0 aromatic carbocycles. The van der Waals surface area contributed by atoms with Gasteiger partial charge in [0, 0.05) is 13.0 Å². The molecule has 0 saturated heterocycles. The first-order valence-electron chi connectivity index (χ1n) is 4.68. The molecule has 0 fully saturated rings. The lowest BCUT2D eigenvalue weighted by molar-refractivity contribution is -0.137. The molecule has 76 valence electrons. The molecule has 0 saturated carbocycles. The number of aliphatic carboxylic acids is 1. The third kappa shape index (κ3) is 11.2. The molecular formula is C10H18O3. The van der Waals surface area contributed by atoms with Crippen LogP contribution in [0.3, 0.4) is 0 Å². The second-order valence-electron chi connectivity index (χ2n) is 2.85. The van der Waals surface area contributed by atoms with E-state index in [1.165, 1.54) is 0 Å². The van der Waals surface area contributed by atoms with Crippen LogP contribution in [-0.2, 0) is 9.53 Å². The second-order valence-corrected chi connectivity index (χ2v) is 2.85. The largest absolute Gasteiger partial charge is 0.481 e. The Morgan fingerprint density at radius 1 is 1.38 bits per heavy atom. The number of allylic oxidation sites excluding steroid dienone is 1. The van der Waals surface area contributed by atoms with Crippen molar-refractivity contribution in [2.24, 2.45) is 0 Å². The molecule has 13 heavy (non-hydrogen) atoms. The first kappa shape index (κ1) is 12.2. The molecule has 3 nitrogen and oxygen atoms in total. The molecule has 0 amide bonds. The van der Waals surface area contributed by atoms with Crippen LogP contribution in [0.1, 0.15) is 32.6 Å². The van der Waals surface area contributed by atoms with Gasteiger partial charge in [-0.15, -0.1) is 0 Å². The lowest BCUT2D eigenvalue weighted by Crippen LogP contribution is -1.97. The maximum Gasteiger partial charge on any atom is 0.303 e. The number of rotatable bonds is 8. The quantitative estimate of drug-likeness (QED) is 0.467. The number of hydrogen-bond donors (Lipinski definition) is 1. The Labute approximate surface area is 79.4 Å². The molecule has 0 aromatic rings. The zero-order valence-corrected chi connectivity index (χ0v) is 8.16. The van der Waals surface area contributed by atoms with Gasteiger partial charge in [-0.25, -0.2) is 0 Å². The van der Waals surface area contributed by atoms with Crippen LogP contribution in [0.5, 0.6) is 0 Å². The third-order valence-corrected chi connectivity index (χ3v) is 1.63. The number of carbonyl (C=O) groups is 1. The fraction of sp³-hybridized carbons (Fsp3) is 0.700. The molecule has 0 aliphatic carbocycles. The van der Waals surface area contributed by atoms with Crippen molar-refractivity contribution < 1.29 is 14.6 Å². The SMILES string of the molecule is CC=CCOCCCCCC(=O)O. The van der Waals surface area contributed by atoms with Crippen LogP contribution in [0.4, 0.5) is 0 Å². The number of ether oxygens (including phenoxy) is 1. The van der Waals surface area contributed by atoms with E-state index in [0.29, 0.717) is 6.61 Å². The average Bonchev–Trinajstić information content (AvgIpc) is 2.09. The molecule has 0 radical (unpaired) electrons. The van der Waals surface area contributed by atoms with E-state index in [-0.39, 0.29) is 6.42 Å². The van der Waals surface area contributed by atoms with Crippen LogP contribution in [0, 0.1) is 0 Å². The van der Waals surface area contributed by atoms with Crippen molar-refractivity contribution >= 4 is 5.97 Å². The monoisotopic (exact) mass is 186 g/mol. The van der Waals surface area contributed by atoms with Crippen LogP contribution in [0.15, 0.2) is 12.2 Å². The van der Waals surface area contributed by atoms with E-state index in [0.717, 1.165) is 25.9 Å². The van der Waals surface area contributed by atoms with Gasteiger partial charge >= 0.3 is 5.97 Å². The summed E-state index contributed by atoms with van der Waals surface area (Å²) in [5.74, 6) is -0.713. The summed E-state index contributed by atoms with van der Waals surface area (Å²) in [6.07, 6.45) is 6.81. The summed E-state index contributed by atoms with van der Waals surface area (Å²) >= 11 is 0. The number of unbranched alkanes of at least 4 members (excludes halogenated alkanes) is 2. The Morgan fingerprint density at radius 3 is 2.77 bits per heavy atom.